The zero-order chi connectivity index (χ0) is 17.8. The molecule has 0 atom stereocenters. The van der Waals surface area contributed by atoms with Gasteiger partial charge in [0.25, 0.3) is 11.5 Å². The van der Waals surface area contributed by atoms with Crippen molar-refractivity contribution in [1.29, 1.82) is 0 Å². The zero-order valence-electron chi connectivity index (χ0n) is 12.7. The number of hydrogen-bond donors (Lipinski definition) is 1. The van der Waals surface area contributed by atoms with E-state index in [1.165, 1.54) is 24.3 Å². The summed E-state index contributed by atoms with van der Waals surface area (Å²) in [6.07, 6.45) is 0.532. The Morgan fingerprint density at radius 3 is 2.52 bits per heavy atom. The van der Waals surface area contributed by atoms with Crippen LogP contribution in [-0.4, -0.2) is 15.8 Å². The number of benzene rings is 2. The van der Waals surface area contributed by atoms with Crippen molar-refractivity contribution in [1.82, 2.24) is 0 Å². The molecular formula is C17H11N3O5. The number of nitro benzene ring substituents is 1. The monoisotopic (exact) mass is 337 g/mol. The number of rotatable bonds is 5. The number of ketones is 1. The second kappa shape index (κ2) is 6.75. The Balaban J connectivity index is 1.81. The number of furan rings is 1. The lowest BCUT2D eigenvalue weighted by Crippen LogP contribution is -1.99. The van der Waals surface area contributed by atoms with Crippen LogP contribution in [0, 0.1) is 10.1 Å². The number of Topliss-reactive ketones (excluding diaryl/α,β-unsaturated/α-hetero) is 1. The van der Waals surface area contributed by atoms with Gasteiger partial charge in [-0.15, -0.1) is 5.11 Å². The van der Waals surface area contributed by atoms with Crippen LogP contribution in [0.1, 0.15) is 10.6 Å². The first-order valence-corrected chi connectivity index (χ1v) is 7.12. The molecule has 0 amide bonds. The number of nitrogens with zero attached hydrogens (tertiary/aromatic N) is 3. The molecule has 0 saturated carbocycles. The van der Waals surface area contributed by atoms with Crippen LogP contribution in [0.5, 0.6) is 0 Å². The van der Waals surface area contributed by atoms with E-state index < -0.39 is 10.7 Å². The number of carbonyl (C=O) groups excluding carboxylic acids is 1. The van der Waals surface area contributed by atoms with E-state index in [0.29, 0.717) is 17.5 Å². The van der Waals surface area contributed by atoms with Crippen molar-refractivity contribution in [3.63, 3.8) is 0 Å². The Labute approximate surface area is 140 Å². The first kappa shape index (κ1) is 16.1. The van der Waals surface area contributed by atoms with Crippen molar-refractivity contribution in [2.45, 2.75) is 0 Å². The van der Waals surface area contributed by atoms with Crippen LogP contribution in [0.2, 0.25) is 0 Å². The summed E-state index contributed by atoms with van der Waals surface area (Å²) in [5.74, 6) is -0.617. The third-order valence-electron chi connectivity index (χ3n) is 3.34. The molecule has 0 saturated heterocycles. The summed E-state index contributed by atoms with van der Waals surface area (Å²) in [6.45, 7) is 0. The molecule has 0 aliphatic heterocycles. The van der Waals surface area contributed by atoms with Crippen LogP contribution in [0.25, 0.3) is 11.0 Å². The SMILES string of the molecule is O=C(/C(=C\O)N=Nc1ccc([N+](=O)[O-])cc1)c1cc2ccccc2o1. The van der Waals surface area contributed by atoms with Gasteiger partial charge < -0.3 is 9.52 Å². The molecule has 0 bridgehead atoms. The highest BCUT2D eigenvalue weighted by atomic mass is 16.6. The third kappa shape index (κ3) is 3.42. The van der Waals surface area contributed by atoms with Crippen molar-refractivity contribution >= 4 is 28.1 Å². The predicted octanol–water partition coefficient (Wildman–Crippen LogP) is 4.71. The van der Waals surface area contributed by atoms with Crippen molar-refractivity contribution in [2.24, 2.45) is 10.2 Å². The van der Waals surface area contributed by atoms with Crippen LogP contribution in [-0.2, 0) is 0 Å². The summed E-state index contributed by atoms with van der Waals surface area (Å²) >= 11 is 0. The fourth-order valence-corrected chi connectivity index (χ4v) is 2.10. The van der Waals surface area contributed by atoms with Crippen LogP contribution < -0.4 is 0 Å². The highest BCUT2D eigenvalue weighted by Gasteiger charge is 2.17. The first-order valence-electron chi connectivity index (χ1n) is 7.12. The van der Waals surface area contributed by atoms with Gasteiger partial charge in [0.2, 0.25) is 0 Å². The maximum absolute atomic E-state index is 12.3. The van der Waals surface area contributed by atoms with Gasteiger partial charge in [-0.25, -0.2) is 0 Å². The van der Waals surface area contributed by atoms with E-state index in [1.54, 1.807) is 24.3 Å². The molecule has 124 valence electrons. The lowest BCUT2D eigenvalue weighted by molar-refractivity contribution is -0.384. The molecule has 8 heteroatoms. The maximum atomic E-state index is 12.3. The fraction of sp³-hybridized carbons (Fsp3) is 0. The molecule has 1 heterocycles. The van der Waals surface area contributed by atoms with Gasteiger partial charge in [-0.05, 0) is 24.3 Å². The Hall–Kier alpha value is -3.81. The van der Waals surface area contributed by atoms with Gasteiger partial charge in [-0.1, -0.05) is 18.2 Å². The molecule has 1 aromatic heterocycles. The van der Waals surface area contributed by atoms with Crippen molar-refractivity contribution in [3.8, 4) is 0 Å². The molecule has 2 aromatic carbocycles. The van der Waals surface area contributed by atoms with Gasteiger partial charge in [0, 0.05) is 17.5 Å². The molecule has 0 aliphatic rings. The average molecular weight is 337 g/mol. The number of azo groups is 1. The van der Waals surface area contributed by atoms with E-state index in [2.05, 4.69) is 10.2 Å². The largest absolute Gasteiger partial charge is 0.513 e. The Morgan fingerprint density at radius 1 is 1.16 bits per heavy atom. The van der Waals surface area contributed by atoms with E-state index in [0.717, 1.165) is 5.39 Å². The van der Waals surface area contributed by atoms with Gasteiger partial charge in [-0.3, -0.25) is 14.9 Å². The summed E-state index contributed by atoms with van der Waals surface area (Å²) in [4.78, 5) is 22.4. The molecule has 0 aliphatic carbocycles. The molecule has 3 aromatic rings. The number of carbonyl (C=O) groups is 1. The minimum absolute atomic E-state index is 0.0177. The molecule has 8 nitrogen and oxygen atoms in total. The normalized spacial score (nSPS) is 11.9. The highest BCUT2D eigenvalue weighted by Crippen LogP contribution is 2.23. The van der Waals surface area contributed by atoms with E-state index in [-0.39, 0.29) is 17.1 Å². The smallest absolute Gasteiger partial charge is 0.269 e. The van der Waals surface area contributed by atoms with E-state index in [1.807, 2.05) is 6.07 Å². The molecule has 0 radical (unpaired) electrons. The van der Waals surface area contributed by atoms with Gasteiger partial charge in [0.1, 0.15) is 11.8 Å². The van der Waals surface area contributed by atoms with Crippen molar-refractivity contribution in [3.05, 3.63) is 82.4 Å². The lowest BCUT2D eigenvalue weighted by Gasteiger charge is -1.96. The van der Waals surface area contributed by atoms with Crippen LogP contribution in [0.3, 0.4) is 0 Å². The number of hydrogen-bond acceptors (Lipinski definition) is 7. The number of aliphatic hydroxyl groups is 1. The number of nitro groups is 1. The molecule has 0 spiro atoms. The number of non-ortho nitro benzene ring substituents is 1. The van der Waals surface area contributed by atoms with E-state index >= 15 is 0 Å². The number of allylic oxidation sites excluding steroid dienone is 1. The quantitative estimate of drug-likeness (QED) is 0.181. The molecule has 0 fully saturated rings. The van der Waals surface area contributed by atoms with Gasteiger partial charge in [0.15, 0.2) is 11.5 Å². The number of para-hydroxylation sites is 1. The van der Waals surface area contributed by atoms with Gasteiger partial charge in [0.05, 0.1) is 10.6 Å². The molecule has 25 heavy (non-hydrogen) atoms. The minimum atomic E-state index is -0.635. The van der Waals surface area contributed by atoms with E-state index in [4.69, 9.17) is 4.42 Å². The molecule has 0 unspecified atom stereocenters. The third-order valence-corrected chi connectivity index (χ3v) is 3.34. The summed E-state index contributed by atoms with van der Waals surface area (Å²) < 4.78 is 5.43. The summed E-state index contributed by atoms with van der Waals surface area (Å²) in [5.41, 5.74) is 0.422. The van der Waals surface area contributed by atoms with Crippen LogP contribution in [0.4, 0.5) is 11.4 Å². The zero-order valence-corrected chi connectivity index (χ0v) is 12.7. The van der Waals surface area contributed by atoms with Gasteiger partial charge in [-0.2, -0.15) is 5.11 Å². The molecule has 3 rings (SSSR count). The maximum Gasteiger partial charge on any atom is 0.269 e. The minimum Gasteiger partial charge on any atom is -0.513 e. The van der Waals surface area contributed by atoms with Gasteiger partial charge >= 0.3 is 0 Å². The standard InChI is InChI=1S/C17H11N3O5/c21-10-14(19-18-12-5-7-13(8-6-12)20(23)24)17(22)16-9-11-3-1-2-4-15(11)25-16/h1-10,21H/b14-10+,19-18?. The second-order valence-electron chi connectivity index (χ2n) is 4.97. The Morgan fingerprint density at radius 2 is 1.88 bits per heavy atom. The fourth-order valence-electron chi connectivity index (χ4n) is 2.10. The van der Waals surface area contributed by atoms with Crippen LogP contribution >= 0.6 is 0 Å². The Kier molecular flexibility index (Phi) is 4.34. The van der Waals surface area contributed by atoms with Crippen molar-refractivity contribution < 1.29 is 19.2 Å². The summed E-state index contributed by atoms with van der Waals surface area (Å²) in [6, 6.07) is 13.9. The lowest BCUT2D eigenvalue weighted by atomic mass is 10.2. The average Bonchev–Trinajstić information content (AvgIpc) is 3.06. The summed E-state index contributed by atoms with van der Waals surface area (Å²) in [7, 11) is 0. The Bertz CT molecular complexity index is 970. The topological polar surface area (TPSA) is 118 Å². The molecule has 1 N–H and O–H groups in total. The summed E-state index contributed by atoms with van der Waals surface area (Å²) in [5, 5.41) is 28.1. The number of fused-ring (bicyclic) bond motifs is 1. The van der Waals surface area contributed by atoms with Crippen LogP contribution in [0.15, 0.2) is 81.2 Å². The number of aliphatic hydroxyl groups excluding tert-OH is 1. The highest BCUT2D eigenvalue weighted by molar-refractivity contribution is 6.08. The van der Waals surface area contributed by atoms with Crippen molar-refractivity contribution in [2.75, 3.05) is 0 Å². The van der Waals surface area contributed by atoms with E-state index in [9.17, 15) is 20.0 Å². The second-order valence-corrected chi connectivity index (χ2v) is 4.97. The predicted molar refractivity (Wildman–Crippen MR) is 88.9 cm³/mol. The first-order chi connectivity index (χ1) is 12.1. The molecular weight excluding hydrogens is 326 g/mol.